The monoisotopic (exact) mass is 408 g/mol. The highest BCUT2D eigenvalue weighted by Crippen LogP contribution is 2.19. The minimum Gasteiger partial charge on any atom is -0.348 e. The van der Waals surface area contributed by atoms with Crippen LogP contribution < -0.4 is 5.32 Å². The number of amides is 2. The average molecular weight is 409 g/mol. The van der Waals surface area contributed by atoms with Gasteiger partial charge in [-0.25, -0.2) is 0 Å². The van der Waals surface area contributed by atoms with E-state index >= 15 is 0 Å². The molecule has 1 aromatic carbocycles. The fourth-order valence-corrected chi connectivity index (χ4v) is 4.59. The molecular weight excluding hydrogens is 376 g/mol. The van der Waals surface area contributed by atoms with Crippen molar-refractivity contribution >= 4 is 11.8 Å². The van der Waals surface area contributed by atoms with Crippen LogP contribution in [0.3, 0.4) is 0 Å². The molecule has 30 heavy (non-hydrogen) atoms. The molecule has 0 saturated heterocycles. The molecule has 1 aromatic heterocycles. The molecule has 2 amide bonds. The Morgan fingerprint density at radius 1 is 1.07 bits per heavy atom. The van der Waals surface area contributed by atoms with E-state index in [-0.39, 0.29) is 17.9 Å². The number of benzene rings is 1. The molecule has 6 nitrogen and oxygen atoms in total. The zero-order chi connectivity index (χ0) is 20.9. The highest BCUT2D eigenvalue weighted by Gasteiger charge is 2.27. The van der Waals surface area contributed by atoms with Crippen molar-refractivity contribution in [3.8, 4) is 0 Å². The van der Waals surface area contributed by atoms with Crippen molar-refractivity contribution in [3.05, 3.63) is 52.8 Å². The van der Waals surface area contributed by atoms with Gasteiger partial charge in [0, 0.05) is 31.7 Å². The molecule has 0 bridgehead atoms. The molecule has 1 fully saturated rings. The van der Waals surface area contributed by atoms with E-state index in [1.807, 2.05) is 11.0 Å². The van der Waals surface area contributed by atoms with Gasteiger partial charge in [0.2, 0.25) is 0 Å². The van der Waals surface area contributed by atoms with Gasteiger partial charge in [-0.1, -0.05) is 61.9 Å². The van der Waals surface area contributed by atoms with E-state index in [4.69, 9.17) is 0 Å². The lowest BCUT2D eigenvalue weighted by atomic mass is 9.96. The van der Waals surface area contributed by atoms with Gasteiger partial charge in [-0.05, 0) is 31.7 Å². The fraction of sp³-hybridized carbons (Fsp3) is 0.542. The zero-order valence-corrected chi connectivity index (χ0v) is 17.9. The third-order valence-corrected chi connectivity index (χ3v) is 6.21. The van der Waals surface area contributed by atoms with Crippen LogP contribution in [-0.2, 0) is 13.1 Å². The molecule has 4 rings (SSSR count). The van der Waals surface area contributed by atoms with E-state index in [2.05, 4.69) is 35.5 Å². The predicted molar refractivity (Wildman–Crippen MR) is 116 cm³/mol. The standard InChI is InChI=1S/C24H32N4O2/c1-18-9-7-10-19(15-18)17-27-13-8-14-28-22(24(27)30)16-21(26-28)23(29)25-20-11-5-3-2-4-6-12-20/h7,9-10,15-16,20H,2-6,8,11-14,17H2,1H3,(H,25,29). The number of carbonyl (C=O) groups excluding carboxylic acids is 2. The Morgan fingerprint density at radius 2 is 1.83 bits per heavy atom. The zero-order valence-electron chi connectivity index (χ0n) is 17.9. The molecule has 1 aliphatic heterocycles. The van der Waals surface area contributed by atoms with Gasteiger partial charge in [-0.15, -0.1) is 0 Å². The predicted octanol–water partition coefficient (Wildman–Crippen LogP) is 4.08. The van der Waals surface area contributed by atoms with Gasteiger partial charge in [-0.3, -0.25) is 14.3 Å². The quantitative estimate of drug-likeness (QED) is 0.829. The number of hydrogen-bond acceptors (Lipinski definition) is 3. The lowest BCUT2D eigenvalue weighted by Gasteiger charge is -2.21. The lowest BCUT2D eigenvalue weighted by molar-refractivity contribution is 0.0745. The van der Waals surface area contributed by atoms with Gasteiger partial charge in [-0.2, -0.15) is 5.10 Å². The first-order valence-corrected chi connectivity index (χ1v) is 11.3. The van der Waals surface area contributed by atoms with Crippen LogP contribution >= 0.6 is 0 Å². The number of carbonyl (C=O) groups is 2. The number of hydrogen-bond donors (Lipinski definition) is 1. The Hall–Kier alpha value is -2.63. The van der Waals surface area contributed by atoms with Crippen molar-refractivity contribution in [2.24, 2.45) is 0 Å². The molecule has 2 aliphatic rings. The SMILES string of the molecule is Cc1cccc(CN2CCCn3nc(C(=O)NC4CCCCCCC4)cc3C2=O)c1. The number of fused-ring (bicyclic) bond motifs is 1. The van der Waals surface area contributed by atoms with Gasteiger partial charge >= 0.3 is 0 Å². The van der Waals surface area contributed by atoms with Gasteiger partial charge in [0.15, 0.2) is 5.69 Å². The Morgan fingerprint density at radius 3 is 2.60 bits per heavy atom. The minimum absolute atomic E-state index is 0.0495. The van der Waals surface area contributed by atoms with Crippen molar-refractivity contribution in [3.63, 3.8) is 0 Å². The Labute approximate surface area is 178 Å². The van der Waals surface area contributed by atoms with Crippen molar-refractivity contribution in [2.45, 2.75) is 77.4 Å². The summed E-state index contributed by atoms with van der Waals surface area (Å²) in [4.78, 5) is 27.9. The molecule has 0 atom stereocenters. The third kappa shape index (κ3) is 4.91. The van der Waals surface area contributed by atoms with Crippen LogP contribution in [-0.4, -0.2) is 39.1 Å². The van der Waals surface area contributed by atoms with Crippen LogP contribution in [0.4, 0.5) is 0 Å². The van der Waals surface area contributed by atoms with E-state index in [0.29, 0.717) is 31.0 Å². The molecule has 6 heteroatoms. The molecule has 0 spiro atoms. The Bertz CT molecular complexity index is 896. The van der Waals surface area contributed by atoms with Gasteiger partial charge in [0.1, 0.15) is 5.69 Å². The smallest absolute Gasteiger partial charge is 0.272 e. The normalized spacial score (nSPS) is 18.3. The summed E-state index contributed by atoms with van der Waals surface area (Å²) in [7, 11) is 0. The third-order valence-electron chi connectivity index (χ3n) is 6.21. The molecule has 1 aliphatic carbocycles. The summed E-state index contributed by atoms with van der Waals surface area (Å²) in [5.74, 6) is -0.203. The van der Waals surface area contributed by atoms with Gasteiger partial charge in [0.25, 0.3) is 11.8 Å². The summed E-state index contributed by atoms with van der Waals surface area (Å²) in [6.07, 6.45) is 9.01. The molecule has 2 aromatic rings. The van der Waals surface area contributed by atoms with Crippen LogP contribution in [0.25, 0.3) is 0 Å². The first-order valence-electron chi connectivity index (χ1n) is 11.3. The van der Waals surface area contributed by atoms with E-state index in [9.17, 15) is 9.59 Å². The second-order valence-corrected chi connectivity index (χ2v) is 8.72. The van der Waals surface area contributed by atoms with E-state index < -0.39 is 0 Å². The van der Waals surface area contributed by atoms with Crippen LogP contribution in [0.2, 0.25) is 0 Å². The molecule has 1 saturated carbocycles. The largest absolute Gasteiger partial charge is 0.348 e. The van der Waals surface area contributed by atoms with Crippen molar-refractivity contribution in [2.75, 3.05) is 6.54 Å². The minimum atomic E-state index is -0.154. The van der Waals surface area contributed by atoms with Gasteiger partial charge in [0.05, 0.1) is 0 Å². The summed E-state index contributed by atoms with van der Waals surface area (Å²) in [6, 6.07) is 10.1. The molecule has 2 heterocycles. The highest BCUT2D eigenvalue weighted by molar-refractivity contribution is 5.98. The summed E-state index contributed by atoms with van der Waals surface area (Å²) < 4.78 is 1.71. The van der Waals surface area contributed by atoms with E-state index in [0.717, 1.165) is 37.7 Å². The second-order valence-electron chi connectivity index (χ2n) is 8.72. The Balaban J connectivity index is 1.46. The molecular formula is C24H32N4O2. The first-order chi connectivity index (χ1) is 14.6. The highest BCUT2D eigenvalue weighted by atomic mass is 16.2. The summed E-state index contributed by atoms with van der Waals surface area (Å²) in [6.45, 7) is 3.99. The van der Waals surface area contributed by atoms with Crippen LogP contribution in [0, 0.1) is 6.92 Å². The fourth-order valence-electron chi connectivity index (χ4n) is 4.59. The maximum atomic E-state index is 13.2. The van der Waals surface area contributed by atoms with Crippen LogP contribution in [0.5, 0.6) is 0 Å². The van der Waals surface area contributed by atoms with Crippen LogP contribution in [0.15, 0.2) is 30.3 Å². The first kappa shape index (κ1) is 20.6. The number of nitrogens with one attached hydrogen (secondary N) is 1. The van der Waals surface area contributed by atoms with E-state index in [1.54, 1.807) is 10.7 Å². The number of aromatic nitrogens is 2. The summed E-state index contributed by atoms with van der Waals surface area (Å²) in [5.41, 5.74) is 3.19. The van der Waals surface area contributed by atoms with Crippen molar-refractivity contribution < 1.29 is 9.59 Å². The topological polar surface area (TPSA) is 67.2 Å². The van der Waals surface area contributed by atoms with Crippen LogP contribution in [0.1, 0.15) is 83.5 Å². The number of rotatable bonds is 4. The van der Waals surface area contributed by atoms with Gasteiger partial charge < -0.3 is 10.2 Å². The number of aryl methyl sites for hydroxylation is 2. The second kappa shape index (κ2) is 9.45. The number of nitrogens with zero attached hydrogens (tertiary/aromatic N) is 3. The maximum absolute atomic E-state index is 13.2. The molecule has 0 unspecified atom stereocenters. The molecule has 160 valence electrons. The molecule has 0 radical (unpaired) electrons. The summed E-state index contributed by atoms with van der Waals surface area (Å²) >= 11 is 0. The summed E-state index contributed by atoms with van der Waals surface area (Å²) in [5, 5.41) is 7.64. The van der Waals surface area contributed by atoms with Crippen molar-refractivity contribution in [1.29, 1.82) is 0 Å². The van der Waals surface area contributed by atoms with Crippen molar-refractivity contribution in [1.82, 2.24) is 20.0 Å². The molecule has 1 N–H and O–H groups in total. The lowest BCUT2D eigenvalue weighted by Crippen LogP contribution is -2.35. The van der Waals surface area contributed by atoms with E-state index in [1.165, 1.54) is 24.8 Å². The maximum Gasteiger partial charge on any atom is 0.272 e. The average Bonchev–Trinajstić information content (AvgIpc) is 3.07. The Kier molecular flexibility index (Phi) is 6.50.